The molecule has 0 spiro atoms. The SMILES string of the molecule is CCCC/C(I)=C/B1C2CCCC1CCC2. The van der Waals surface area contributed by atoms with Gasteiger partial charge in [0.05, 0.1) is 0 Å². The fourth-order valence-corrected chi connectivity index (χ4v) is 4.43. The van der Waals surface area contributed by atoms with Gasteiger partial charge >= 0.3 is 0 Å². The van der Waals surface area contributed by atoms with Crippen LogP contribution in [0.25, 0.3) is 0 Å². The average molecular weight is 330 g/mol. The largest absolute Gasteiger partial charge is 0.173 e. The van der Waals surface area contributed by atoms with Crippen LogP contribution in [0, 0.1) is 0 Å². The number of hydrogen-bond acceptors (Lipinski definition) is 0. The van der Waals surface area contributed by atoms with Crippen LogP contribution < -0.4 is 0 Å². The lowest BCUT2D eigenvalue weighted by Gasteiger charge is -2.39. The van der Waals surface area contributed by atoms with Crippen molar-refractivity contribution in [3.05, 3.63) is 9.56 Å². The fourth-order valence-electron chi connectivity index (χ4n) is 3.64. The second kappa shape index (κ2) is 6.46. The van der Waals surface area contributed by atoms with Crippen molar-refractivity contribution in [1.82, 2.24) is 0 Å². The van der Waals surface area contributed by atoms with E-state index in [0.29, 0.717) is 0 Å². The van der Waals surface area contributed by atoms with Crippen molar-refractivity contribution in [3.8, 4) is 0 Å². The van der Waals surface area contributed by atoms with Crippen molar-refractivity contribution < 1.29 is 0 Å². The Hall–Kier alpha value is 0.535. The van der Waals surface area contributed by atoms with Crippen LogP contribution >= 0.6 is 22.6 Å². The van der Waals surface area contributed by atoms with Gasteiger partial charge in [0.25, 0.3) is 0 Å². The maximum absolute atomic E-state index is 2.66. The molecule has 16 heavy (non-hydrogen) atoms. The van der Waals surface area contributed by atoms with Crippen molar-refractivity contribution in [1.29, 1.82) is 0 Å². The standard InChI is InChI=1S/C14H24BI/c1-2-3-10-14(16)11-15-12-6-4-7-13(15)9-5-8-12/h11-13H,2-10H2,1H3/b14-11-. The van der Waals surface area contributed by atoms with Crippen molar-refractivity contribution >= 4 is 29.3 Å². The molecule has 0 aliphatic carbocycles. The average Bonchev–Trinajstić information content (AvgIpc) is 2.26. The summed E-state index contributed by atoms with van der Waals surface area (Å²) in [5.74, 6) is 4.74. The lowest BCUT2D eigenvalue weighted by atomic mass is 9.27. The molecule has 0 nitrogen and oxygen atoms in total. The summed E-state index contributed by atoms with van der Waals surface area (Å²) in [5.41, 5.74) is 0. The van der Waals surface area contributed by atoms with Crippen molar-refractivity contribution in [2.45, 2.75) is 76.3 Å². The van der Waals surface area contributed by atoms with Crippen molar-refractivity contribution in [2.24, 2.45) is 0 Å². The summed E-state index contributed by atoms with van der Waals surface area (Å²) in [4.78, 5) is 0. The summed E-state index contributed by atoms with van der Waals surface area (Å²) in [5, 5.41) is 0. The molecule has 0 radical (unpaired) electrons. The minimum Gasteiger partial charge on any atom is -0.105 e. The third kappa shape index (κ3) is 3.27. The first kappa shape index (κ1) is 13.0. The molecular weight excluding hydrogens is 306 g/mol. The lowest BCUT2D eigenvalue weighted by Crippen LogP contribution is -2.33. The van der Waals surface area contributed by atoms with Crippen LogP contribution in [0.15, 0.2) is 9.56 Å². The number of allylic oxidation sites excluding steroid dienone is 1. The highest BCUT2D eigenvalue weighted by Crippen LogP contribution is 2.47. The summed E-state index contributed by atoms with van der Waals surface area (Å²) in [6, 6.07) is 0. The van der Waals surface area contributed by atoms with Gasteiger partial charge in [0.2, 0.25) is 0 Å². The van der Waals surface area contributed by atoms with Gasteiger partial charge in [-0.25, -0.2) is 0 Å². The van der Waals surface area contributed by atoms with Crippen LogP contribution in [-0.4, -0.2) is 6.71 Å². The van der Waals surface area contributed by atoms with E-state index in [0.717, 1.165) is 18.3 Å². The van der Waals surface area contributed by atoms with E-state index in [9.17, 15) is 0 Å². The zero-order valence-electron chi connectivity index (χ0n) is 10.6. The zero-order valence-corrected chi connectivity index (χ0v) is 12.7. The molecule has 0 aromatic rings. The van der Waals surface area contributed by atoms with E-state index in [1.807, 2.05) is 0 Å². The van der Waals surface area contributed by atoms with Crippen molar-refractivity contribution in [2.75, 3.05) is 0 Å². The van der Waals surface area contributed by atoms with Gasteiger partial charge in [-0.2, -0.15) is 0 Å². The maximum atomic E-state index is 2.66. The van der Waals surface area contributed by atoms with Gasteiger partial charge in [-0.3, -0.25) is 0 Å². The molecule has 0 aromatic carbocycles. The van der Waals surface area contributed by atoms with E-state index in [2.05, 4.69) is 35.5 Å². The highest BCUT2D eigenvalue weighted by atomic mass is 127. The van der Waals surface area contributed by atoms with Gasteiger partial charge in [0.1, 0.15) is 0 Å². The van der Waals surface area contributed by atoms with Crippen LogP contribution in [0.3, 0.4) is 0 Å². The third-order valence-corrected chi connectivity index (χ3v) is 5.43. The first-order valence-corrected chi connectivity index (χ1v) is 8.25. The zero-order chi connectivity index (χ0) is 11.4. The topological polar surface area (TPSA) is 0 Å². The van der Waals surface area contributed by atoms with Gasteiger partial charge in [0.15, 0.2) is 6.71 Å². The quantitative estimate of drug-likeness (QED) is 0.462. The van der Waals surface area contributed by atoms with E-state index in [1.165, 1.54) is 57.8 Å². The Labute approximate surface area is 115 Å². The molecule has 2 saturated heterocycles. The van der Waals surface area contributed by atoms with Crippen LogP contribution in [0.4, 0.5) is 0 Å². The lowest BCUT2D eigenvalue weighted by molar-refractivity contribution is 0.447. The third-order valence-electron chi connectivity index (χ3n) is 4.53. The molecule has 2 aliphatic rings. The Morgan fingerprint density at radius 3 is 2.25 bits per heavy atom. The molecule has 90 valence electrons. The highest BCUT2D eigenvalue weighted by molar-refractivity contribution is 14.1. The summed E-state index contributed by atoms with van der Waals surface area (Å²) < 4.78 is 1.64. The minimum absolute atomic E-state index is 0.950. The minimum atomic E-state index is 0.950. The highest BCUT2D eigenvalue weighted by Gasteiger charge is 2.37. The van der Waals surface area contributed by atoms with E-state index in [4.69, 9.17) is 0 Å². The van der Waals surface area contributed by atoms with Crippen LogP contribution in [0.2, 0.25) is 11.6 Å². The first-order valence-electron chi connectivity index (χ1n) is 7.17. The predicted octanol–water partition coefficient (Wildman–Crippen LogP) is 5.64. The molecule has 0 saturated carbocycles. The van der Waals surface area contributed by atoms with E-state index in [1.54, 1.807) is 3.58 Å². The molecule has 2 heterocycles. The van der Waals surface area contributed by atoms with E-state index < -0.39 is 0 Å². The predicted molar refractivity (Wildman–Crippen MR) is 82.6 cm³/mol. The summed E-state index contributed by atoms with van der Waals surface area (Å²) in [6.45, 7) is 3.24. The smallest absolute Gasteiger partial charge is 0.105 e. The van der Waals surface area contributed by atoms with Gasteiger partial charge < -0.3 is 0 Å². The Morgan fingerprint density at radius 1 is 1.19 bits per heavy atom. The fraction of sp³-hybridized carbons (Fsp3) is 0.857. The van der Waals surface area contributed by atoms with Crippen LogP contribution in [-0.2, 0) is 0 Å². The summed E-state index contributed by atoms with van der Waals surface area (Å²) in [6.07, 6.45) is 13.1. The molecular formula is C14H24BI. The van der Waals surface area contributed by atoms with Crippen LogP contribution in [0.5, 0.6) is 0 Å². The van der Waals surface area contributed by atoms with Gasteiger partial charge in [-0.1, -0.05) is 86.1 Å². The molecule has 0 unspecified atom stereocenters. The second-order valence-corrected chi connectivity index (χ2v) is 7.06. The number of halogens is 1. The number of hydrogen-bond donors (Lipinski definition) is 0. The Balaban J connectivity index is 1.96. The van der Waals surface area contributed by atoms with Crippen LogP contribution in [0.1, 0.15) is 64.7 Å². The van der Waals surface area contributed by atoms with Gasteiger partial charge in [0, 0.05) is 0 Å². The summed E-state index contributed by atoms with van der Waals surface area (Å²) >= 11 is 2.59. The Kier molecular flexibility index (Phi) is 5.24. The second-order valence-electron chi connectivity index (χ2n) is 5.68. The molecule has 2 rings (SSSR count). The molecule has 2 aliphatic heterocycles. The molecule has 0 atom stereocenters. The molecule has 0 N–H and O–H groups in total. The van der Waals surface area contributed by atoms with E-state index >= 15 is 0 Å². The van der Waals surface area contributed by atoms with Crippen molar-refractivity contribution in [3.63, 3.8) is 0 Å². The van der Waals surface area contributed by atoms with Gasteiger partial charge in [-0.05, 0) is 16.4 Å². The summed E-state index contributed by atoms with van der Waals surface area (Å²) in [7, 11) is 0. The number of rotatable bonds is 4. The normalized spacial score (nSPS) is 30.6. The van der Waals surface area contributed by atoms with Gasteiger partial charge in [-0.15, -0.1) is 5.98 Å². The first-order chi connectivity index (χ1) is 7.81. The van der Waals surface area contributed by atoms with E-state index in [-0.39, 0.29) is 0 Å². The Bertz CT molecular complexity index is 227. The number of unbranched alkanes of at least 4 members (excludes halogenated alkanes) is 1. The molecule has 2 bridgehead atoms. The number of fused-ring (bicyclic) bond motifs is 2. The molecule has 0 aromatic heterocycles. The molecule has 2 heteroatoms. The Morgan fingerprint density at radius 2 is 1.75 bits per heavy atom. The maximum Gasteiger partial charge on any atom is 0.173 e. The monoisotopic (exact) mass is 330 g/mol. The molecule has 2 fully saturated rings. The molecule has 0 amide bonds.